The summed E-state index contributed by atoms with van der Waals surface area (Å²) >= 11 is 5.91. The maximum Gasteiger partial charge on any atom is 0.414 e. The highest BCUT2D eigenvalue weighted by atomic mass is 35.5. The molecular formula is C27H32ClFN6O3. The molecule has 2 aromatic carbocycles. The molecule has 0 radical (unpaired) electrons. The molecule has 0 atom stereocenters. The summed E-state index contributed by atoms with van der Waals surface area (Å²) in [7, 11) is 1.62. The van der Waals surface area contributed by atoms with Crippen LogP contribution in [0.3, 0.4) is 0 Å². The standard InChI is InChI=1S/C27H32ClFN6O3/c1-27(2,3)38-26(37)33(4)19-10-12-20(13-11-19)35(25(36)30-18-9-14-22(29)21(28)16-18)17-24-32-31-23-8-6-5-7-15-34(23)24/h9-14,16H,5-8,15,17H2,1-4H3,(H,30,36). The lowest BCUT2D eigenvalue weighted by molar-refractivity contribution is 0.0589. The maximum absolute atomic E-state index is 13.6. The van der Waals surface area contributed by atoms with E-state index in [4.69, 9.17) is 16.3 Å². The Labute approximate surface area is 226 Å². The quantitative estimate of drug-likeness (QED) is 0.402. The van der Waals surface area contributed by atoms with Crippen LogP contribution in [0.25, 0.3) is 0 Å². The number of anilines is 3. The van der Waals surface area contributed by atoms with Gasteiger partial charge in [-0.05, 0) is 76.1 Å². The molecule has 1 aliphatic heterocycles. The van der Waals surface area contributed by atoms with Crippen molar-refractivity contribution >= 4 is 40.8 Å². The van der Waals surface area contributed by atoms with Crippen LogP contribution in [-0.2, 0) is 24.2 Å². The van der Waals surface area contributed by atoms with Crippen LogP contribution in [0.5, 0.6) is 0 Å². The van der Waals surface area contributed by atoms with Crippen molar-refractivity contribution in [1.29, 1.82) is 0 Å². The van der Waals surface area contributed by atoms with E-state index in [1.54, 1.807) is 52.1 Å². The van der Waals surface area contributed by atoms with Gasteiger partial charge in [-0.2, -0.15) is 0 Å². The molecule has 1 N–H and O–H groups in total. The number of ether oxygens (including phenoxy) is 1. The van der Waals surface area contributed by atoms with Crippen LogP contribution < -0.4 is 15.1 Å². The van der Waals surface area contributed by atoms with Gasteiger partial charge in [0, 0.05) is 37.1 Å². The molecule has 3 amide bonds. The number of carbonyl (C=O) groups excluding carboxylic acids is 2. The number of amides is 3. The molecule has 11 heteroatoms. The van der Waals surface area contributed by atoms with Gasteiger partial charge in [0.2, 0.25) is 0 Å². The predicted octanol–water partition coefficient (Wildman–Crippen LogP) is 6.41. The number of carbonyl (C=O) groups is 2. The van der Waals surface area contributed by atoms with E-state index in [1.165, 1.54) is 28.0 Å². The number of halogens is 2. The minimum atomic E-state index is -0.625. The fourth-order valence-corrected chi connectivity index (χ4v) is 4.32. The lowest BCUT2D eigenvalue weighted by Crippen LogP contribution is -2.36. The molecule has 0 bridgehead atoms. The van der Waals surface area contributed by atoms with Gasteiger partial charge >= 0.3 is 12.1 Å². The zero-order valence-electron chi connectivity index (χ0n) is 22.0. The van der Waals surface area contributed by atoms with Crippen molar-refractivity contribution < 1.29 is 18.7 Å². The number of aryl methyl sites for hydroxylation is 1. The van der Waals surface area contributed by atoms with E-state index in [0.29, 0.717) is 22.9 Å². The number of nitrogens with one attached hydrogen (secondary N) is 1. The second-order valence-electron chi connectivity index (χ2n) is 10.2. The topological polar surface area (TPSA) is 92.6 Å². The van der Waals surface area contributed by atoms with Crippen LogP contribution in [0.4, 0.5) is 31.0 Å². The SMILES string of the molecule is CN(C(=O)OC(C)(C)C)c1ccc(N(Cc2nnc3n2CCCCC3)C(=O)Nc2ccc(F)c(Cl)c2)cc1. The van der Waals surface area contributed by atoms with Gasteiger partial charge in [0.1, 0.15) is 17.2 Å². The number of urea groups is 1. The molecule has 38 heavy (non-hydrogen) atoms. The summed E-state index contributed by atoms with van der Waals surface area (Å²) in [5.74, 6) is 1.01. The smallest absolute Gasteiger partial charge is 0.414 e. The van der Waals surface area contributed by atoms with Gasteiger partial charge in [-0.15, -0.1) is 10.2 Å². The molecule has 0 unspecified atom stereocenters. The zero-order chi connectivity index (χ0) is 27.4. The van der Waals surface area contributed by atoms with Crippen LogP contribution in [0.15, 0.2) is 42.5 Å². The van der Waals surface area contributed by atoms with Crippen molar-refractivity contribution in [1.82, 2.24) is 14.8 Å². The minimum Gasteiger partial charge on any atom is -0.443 e. The number of rotatable bonds is 5. The van der Waals surface area contributed by atoms with Crippen molar-refractivity contribution in [3.05, 3.63) is 65.0 Å². The van der Waals surface area contributed by atoms with Crippen molar-refractivity contribution in [2.45, 2.75) is 65.1 Å². The van der Waals surface area contributed by atoms with Crippen molar-refractivity contribution in [3.8, 4) is 0 Å². The van der Waals surface area contributed by atoms with E-state index < -0.39 is 23.5 Å². The van der Waals surface area contributed by atoms with Gasteiger partial charge in [-0.1, -0.05) is 18.0 Å². The first kappa shape index (κ1) is 27.4. The Hall–Kier alpha value is -3.66. The highest BCUT2D eigenvalue weighted by Gasteiger charge is 2.24. The normalized spacial score (nSPS) is 13.3. The summed E-state index contributed by atoms with van der Waals surface area (Å²) in [5.41, 5.74) is 0.903. The number of nitrogens with zero attached hydrogens (tertiary/aromatic N) is 5. The zero-order valence-corrected chi connectivity index (χ0v) is 22.8. The van der Waals surface area contributed by atoms with E-state index in [9.17, 15) is 14.0 Å². The van der Waals surface area contributed by atoms with Crippen molar-refractivity contribution in [3.63, 3.8) is 0 Å². The van der Waals surface area contributed by atoms with Crippen LogP contribution in [0, 0.1) is 5.82 Å². The third-order valence-corrected chi connectivity index (χ3v) is 6.41. The van der Waals surface area contributed by atoms with E-state index in [0.717, 1.165) is 38.1 Å². The van der Waals surface area contributed by atoms with E-state index >= 15 is 0 Å². The summed E-state index contributed by atoms with van der Waals surface area (Å²) in [6.07, 6.45) is 3.55. The number of aromatic nitrogens is 3. The maximum atomic E-state index is 13.6. The van der Waals surface area contributed by atoms with Crippen molar-refractivity contribution in [2.75, 3.05) is 22.2 Å². The molecule has 0 fully saturated rings. The summed E-state index contributed by atoms with van der Waals surface area (Å²) in [6, 6.07) is 10.5. The second-order valence-corrected chi connectivity index (χ2v) is 10.6. The highest BCUT2D eigenvalue weighted by Crippen LogP contribution is 2.26. The lowest BCUT2D eigenvalue weighted by Gasteiger charge is -2.26. The van der Waals surface area contributed by atoms with E-state index in [2.05, 4.69) is 20.1 Å². The molecule has 0 spiro atoms. The van der Waals surface area contributed by atoms with Gasteiger partial charge in [-0.25, -0.2) is 14.0 Å². The Balaban J connectivity index is 1.61. The first-order valence-electron chi connectivity index (χ1n) is 12.5. The van der Waals surface area contributed by atoms with Crippen molar-refractivity contribution in [2.24, 2.45) is 0 Å². The molecule has 0 aliphatic carbocycles. The van der Waals surface area contributed by atoms with Gasteiger partial charge in [0.25, 0.3) is 0 Å². The monoisotopic (exact) mass is 542 g/mol. The van der Waals surface area contributed by atoms with Crippen LogP contribution in [-0.4, -0.2) is 39.5 Å². The largest absolute Gasteiger partial charge is 0.443 e. The highest BCUT2D eigenvalue weighted by molar-refractivity contribution is 6.31. The van der Waals surface area contributed by atoms with Gasteiger partial charge < -0.3 is 14.6 Å². The number of hydrogen-bond donors (Lipinski definition) is 1. The van der Waals surface area contributed by atoms with Crippen LogP contribution in [0.1, 0.15) is 51.7 Å². The van der Waals surface area contributed by atoms with E-state index in [1.807, 2.05) is 0 Å². The number of hydrogen-bond acceptors (Lipinski definition) is 5. The average molecular weight is 543 g/mol. The summed E-state index contributed by atoms with van der Waals surface area (Å²) in [6.45, 7) is 6.36. The van der Waals surface area contributed by atoms with Gasteiger partial charge in [0.05, 0.1) is 11.6 Å². The molecule has 9 nitrogen and oxygen atoms in total. The summed E-state index contributed by atoms with van der Waals surface area (Å²) < 4.78 is 21.2. The van der Waals surface area contributed by atoms with Gasteiger partial charge in [0.15, 0.2) is 5.82 Å². The Morgan fingerprint density at radius 2 is 1.79 bits per heavy atom. The van der Waals surface area contributed by atoms with Crippen LogP contribution in [0.2, 0.25) is 5.02 Å². The Bertz CT molecular complexity index is 1310. The molecule has 1 aromatic heterocycles. The third kappa shape index (κ3) is 6.61. The predicted molar refractivity (Wildman–Crippen MR) is 145 cm³/mol. The summed E-state index contributed by atoms with van der Waals surface area (Å²) in [5, 5.41) is 11.4. The fraction of sp³-hybridized carbons (Fsp3) is 0.407. The number of benzene rings is 2. The lowest BCUT2D eigenvalue weighted by atomic mass is 10.2. The van der Waals surface area contributed by atoms with Crippen LogP contribution >= 0.6 is 11.6 Å². The first-order chi connectivity index (χ1) is 18.0. The molecule has 2 heterocycles. The Kier molecular flexibility index (Phi) is 8.20. The molecule has 202 valence electrons. The second kappa shape index (κ2) is 11.4. The average Bonchev–Trinajstić information content (AvgIpc) is 3.08. The first-order valence-corrected chi connectivity index (χ1v) is 12.9. The summed E-state index contributed by atoms with van der Waals surface area (Å²) in [4.78, 5) is 28.9. The molecular weight excluding hydrogens is 511 g/mol. The molecule has 1 aliphatic rings. The van der Waals surface area contributed by atoms with E-state index in [-0.39, 0.29) is 11.6 Å². The molecule has 0 saturated heterocycles. The fourth-order valence-electron chi connectivity index (χ4n) is 4.14. The Morgan fingerprint density at radius 3 is 2.47 bits per heavy atom. The Morgan fingerprint density at radius 1 is 1.08 bits per heavy atom. The van der Waals surface area contributed by atoms with Gasteiger partial charge in [-0.3, -0.25) is 9.80 Å². The molecule has 4 rings (SSSR count). The molecule has 0 saturated carbocycles. The number of fused-ring (bicyclic) bond motifs is 1. The molecule has 3 aromatic rings. The minimum absolute atomic E-state index is 0.0911. The third-order valence-electron chi connectivity index (χ3n) is 6.12.